The zero-order valence-electron chi connectivity index (χ0n) is 17.3. The van der Waals surface area contributed by atoms with Crippen LogP contribution in [0.25, 0.3) is 0 Å². The first-order valence-corrected chi connectivity index (χ1v) is 12.8. The minimum Gasteiger partial charge on any atom is -0.394 e. The van der Waals surface area contributed by atoms with Gasteiger partial charge < -0.3 is 36.0 Å². The van der Waals surface area contributed by atoms with E-state index < -0.39 is 42.7 Å². The van der Waals surface area contributed by atoms with Gasteiger partial charge in [0, 0.05) is 23.2 Å². The molecule has 1 saturated heterocycles. The molecule has 1 fully saturated rings. The molecule has 0 aliphatic carbocycles. The van der Waals surface area contributed by atoms with E-state index >= 15 is 0 Å². The number of β-lactam (4-membered cyclic amide) rings is 1. The number of amides is 3. The lowest BCUT2D eigenvalue weighted by molar-refractivity contribution is -0.132. The number of hydrogen-bond acceptors (Lipinski definition) is 7. The van der Waals surface area contributed by atoms with Crippen molar-refractivity contribution >= 4 is 91.2 Å². The lowest BCUT2D eigenvalue weighted by Crippen LogP contribution is -2.59. The predicted octanol–water partition coefficient (Wildman–Crippen LogP) is 0.0392. The first-order valence-electron chi connectivity index (χ1n) is 9.54. The quantitative estimate of drug-likeness (QED) is 0.153. The number of anilines is 1. The van der Waals surface area contributed by atoms with Crippen molar-refractivity contribution in [1.82, 2.24) is 10.6 Å². The fourth-order valence-corrected chi connectivity index (χ4v) is 7.73. The van der Waals surface area contributed by atoms with Crippen molar-refractivity contribution in [2.24, 2.45) is 5.41 Å². The van der Waals surface area contributed by atoms with E-state index in [4.69, 9.17) is 10.2 Å². The van der Waals surface area contributed by atoms with E-state index in [1.165, 1.54) is 4.90 Å². The summed E-state index contributed by atoms with van der Waals surface area (Å²) in [7, 11) is 0. The average Bonchev–Trinajstić information content (AvgIpc) is 2.74. The van der Waals surface area contributed by atoms with Crippen molar-refractivity contribution in [3.8, 4) is 0 Å². The van der Waals surface area contributed by atoms with E-state index in [0.29, 0.717) is 22.9 Å². The molecule has 2 atom stereocenters. The van der Waals surface area contributed by atoms with Crippen LogP contribution in [0.1, 0.15) is 34.6 Å². The van der Waals surface area contributed by atoms with Gasteiger partial charge in [0.05, 0.1) is 54.8 Å². The van der Waals surface area contributed by atoms with Crippen molar-refractivity contribution in [2.75, 3.05) is 37.7 Å². The Bertz CT molecular complexity index is 873. The first-order chi connectivity index (χ1) is 14.9. The number of hydrogen-bond donors (Lipinski definition) is 6. The van der Waals surface area contributed by atoms with E-state index in [-0.39, 0.29) is 30.1 Å². The van der Waals surface area contributed by atoms with Crippen LogP contribution in [0.2, 0.25) is 0 Å². The number of aliphatic hydroxyl groups excluding tert-OH is 4. The number of nitrogens with zero attached hydrogens (tertiary/aromatic N) is 1. The van der Waals surface area contributed by atoms with Crippen LogP contribution in [0.4, 0.5) is 5.69 Å². The van der Waals surface area contributed by atoms with E-state index in [0.717, 1.165) is 0 Å². The normalized spacial score (nSPS) is 16.9. The van der Waals surface area contributed by atoms with Gasteiger partial charge in [0.2, 0.25) is 5.91 Å². The minimum atomic E-state index is -1.14. The fourth-order valence-electron chi connectivity index (χ4n) is 3.00. The third kappa shape index (κ3) is 5.83. The van der Waals surface area contributed by atoms with Crippen LogP contribution in [0.15, 0.2) is 0 Å². The number of rotatable bonds is 9. The van der Waals surface area contributed by atoms with Gasteiger partial charge in [-0.15, -0.1) is 0 Å². The van der Waals surface area contributed by atoms with Gasteiger partial charge in [-0.05, 0) is 81.6 Å². The maximum atomic E-state index is 13.0. The molecule has 0 spiro atoms. The third-order valence-electron chi connectivity index (χ3n) is 4.81. The molecule has 1 heterocycles. The SMILES string of the molecule is CC1(C)CN(c2c(I)c(C(=O)NCC(O)CO)c(I)c(C(=O)NCC(O)CO)c2I)C1=O. The zero-order valence-corrected chi connectivity index (χ0v) is 23.8. The Morgan fingerprint density at radius 1 is 0.938 bits per heavy atom. The zero-order chi connectivity index (χ0) is 24.4. The van der Waals surface area contributed by atoms with Crippen LogP contribution in [0.3, 0.4) is 0 Å². The minimum absolute atomic E-state index is 0.140. The topological polar surface area (TPSA) is 159 Å². The van der Waals surface area contributed by atoms with E-state index in [9.17, 15) is 24.6 Å². The van der Waals surface area contributed by atoms with Crippen LogP contribution < -0.4 is 15.5 Å². The number of carbonyl (C=O) groups is 3. The number of aliphatic hydroxyl groups is 4. The molecule has 1 aromatic carbocycles. The molecule has 32 heavy (non-hydrogen) atoms. The van der Waals surface area contributed by atoms with Crippen LogP contribution in [-0.2, 0) is 4.79 Å². The molecule has 0 aromatic heterocycles. The molecule has 2 unspecified atom stereocenters. The Kier molecular flexibility index (Phi) is 9.93. The molecular formula is C19H24I3N3O7. The second-order valence-electron chi connectivity index (χ2n) is 7.91. The van der Waals surface area contributed by atoms with Crippen LogP contribution in [-0.4, -0.2) is 83.2 Å². The molecule has 2 rings (SSSR count). The maximum Gasteiger partial charge on any atom is 0.253 e. The molecular weight excluding hydrogens is 763 g/mol. The molecule has 3 amide bonds. The standard InChI is InChI=1S/C19H24I3N3O7/c1-19(2)7-25(18(19)32)15-13(21)10(16(30)23-3-8(28)5-26)12(20)11(14(15)22)17(31)24-4-9(29)6-27/h8-9,26-29H,3-7H2,1-2H3,(H,23,30)(H,24,31). The van der Waals surface area contributed by atoms with Crippen molar-refractivity contribution in [3.63, 3.8) is 0 Å². The summed E-state index contributed by atoms with van der Waals surface area (Å²) in [6.07, 6.45) is -2.28. The van der Waals surface area contributed by atoms with Gasteiger partial charge in [0.1, 0.15) is 0 Å². The van der Waals surface area contributed by atoms with Gasteiger partial charge in [-0.1, -0.05) is 0 Å². The molecule has 0 saturated carbocycles. The van der Waals surface area contributed by atoms with Crippen LogP contribution in [0, 0.1) is 16.1 Å². The van der Waals surface area contributed by atoms with Crippen LogP contribution in [0.5, 0.6) is 0 Å². The monoisotopic (exact) mass is 787 g/mol. The van der Waals surface area contributed by atoms with Gasteiger partial charge >= 0.3 is 0 Å². The third-order valence-corrected chi connectivity index (χ3v) is 7.99. The fraction of sp³-hybridized carbons (Fsp3) is 0.526. The molecule has 10 nitrogen and oxygen atoms in total. The highest BCUT2D eigenvalue weighted by atomic mass is 127. The Labute approximate surface area is 225 Å². The Balaban J connectivity index is 2.57. The number of carbonyl (C=O) groups excluding carboxylic acids is 3. The van der Waals surface area contributed by atoms with E-state index in [1.54, 1.807) is 0 Å². The summed E-state index contributed by atoms with van der Waals surface area (Å²) < 4.78 is 1.28. The molecule has 6 N–H and O–H groups in total. The number of nitrogens with one attached hydrogen (secondary N) is 2. The Hall–Kier alpha value is -0.340. The second-order valence-corrected chi connectivity index (χ2v) is 11.1. The van der Waals surface area contributed by atoms with E-state index in [1.807, 2.05) is 81.6 Å². The Morgan fingerprint density at radius 2 is 1.34 bits per heavy atom. The summed E-state index contributed by atoms with van der Waals surface area (Å²) >= 11 is 5.81. The average molecular weight is 787 g/mol. The van der Waals surface area contributed by atoms with Crippen molar-refractivity contribution in [3.05, 3.63) is 21.8 Å². The Morgan fingerprint density at radius 3 is 1.66 bits per heavy atom. The summed E-state index contributed by atoms with van der Waals surface area (Å²) in [5, 5.41) is 42.2. The number of benzene rings is 1. The highest BCUT2D eigenvalue weighted by Gasteiger charge is 2.47. The largest absolute Gasteiger partial charge is 0.394 e. The predicted molar refractivity (Wildman–Crippen MR) is 142 cm³/mol. The van der Waals surface area contributed by atoms with Crippen molar-refractivity contribution < 1.29 is 34.8 Å². The first kappa shape index (κ1) is 27.9. The molecule has 1 aliphatic rings. The molecule has 1 aromatic rings. The highest BCUT2D eigenvalue weighted by molar-refractivity contribution is 14.1. The molecule has 0 bridgehead atoms. The maximum absolute atomic E-state index is 13.0. The summed E-state index contributed by atoms with van der Waals surface area (Å²) in [6, 6.07) is 0. The van der Waals surface area contributed by atoms with Gasteiger partial charge in [-0.3, -0.25) is 14.4 Å². The lowest BCUT2D eigenvalue weighted by Gasteiger charge is -2.45. The summed E-state index contributed by atoms with van der Waals surface area (Å²) in [5.74, 6) is -1.28. The van der Waals surface area contributed by atoms with Gasteiger partial charge in [-0.25, -0.2) is 0 Å². The van der Waals surface area contributed by atoms with Crippen molar-refractivity contribution in [2.45, 2.75) is 26.1 Å². The van der Waals surface area contributed by atoms with Crippen molar-refractivity contribution in [1.29, 1.82) is 0 Å². The van der Waals surface area contributed by atoms with Gasteiger partial charge in [-0.2, -0.15) is 0 Å². The summed E-state index contributed by atoms with van der Waals surface area (Å²) in [5.41, 5.74) is 0.210. The lowest BCUT2D eigenvalue weighted by atomic mass is 9.82. The summed E-state index contributed by atoms with van der Waals surface area (Å²) in [6.45, 7) is 2.60. The van der Waals surface area contributed by atoms with Gasteiger partial charge in [0.15, 0.2) is 0 Å². The van der Waals surface area contributed by atoms with Crippen LogP contribution >= 0.6 is 67.8 Å². The molecule has 178 valence electrons. The molecule has 0 radical (unpaired) electrons. The smallest absolute Gasteiger partial charge is 0.253 e. The molecule has 13 heteroatoms. The van der Waals surface area contributed by atoms with E-state index in [2.05, 4.69) is 10.6 Å². The second kappa shape index (κ2) is 11.4. The molecule has 1 aliphatic heterocycles. The highest BCUT2D eigenvalue weighted by Crippen LogP contribution is 2.43. The van der Waals surface area contributed by atoms with Gasteiger partial charge in [0.25, 0.3) is 11.8 Å². The number of halogens is 3. The summed E-state index contributed by atoms with van der Waals surface area (Å²) in [4.78, 5) is 40.2.